The molecule has 0 saturated carbocycles. The van der Waals surface area contributed by atoms with Crippen LogP contribution in [0.1, 0.15) is 0 Å². The fourth-order valence-corrected chi connectivity index (χ4v) is 0.992. The molecule has 0 aliphatic heterocycles. The van der Waals surface area contributed by atoms with Crippen LogP contribution in [0.5, 0.6) is 0 Å². The van der Waals surface area contributed by atoms with Crippen LogP contribution in [0.15, 0.2) is 48.5 Å². The second-order valence-electron chi connectivity index (χ2n) is 2.21. The predicted octanol–water partition coefficient (Wildman–Crippen LogP) is 4.12. The molecule has 0 nitrogen and oxygen atoms in total. The summed E-state index contributed by atoms with van der Waals surface area (Å²) in [7, 11) is 0. The fourth-order valence-electron chi connectivity index (χ4n) is 0.701. The molecule has 0 aromatic heterocycles. The van der Waals surface area contributed by atoms with Gasteiger partial charge in [-0.2, -0.15) is 47.5 Å². The molecule has 0 amide bonds. The van der Waals surface area contributed by atoms with Gasteiger partial charge in [-0.1, -0.05) is 10.0 Å². The van der Waals surface area contributed by atoms with Crippen molar-refractivity contribution >= 4 is 23.2 Å². The van der Waals surface area contributed by atoms with Crippen LogP contribution in [0.4, 0.5) is 0 Å². The van der Waals surface area contributed by atoms with Crippen LogP contribution < -0.4 is 0 Å². The van der Waals surface area contributed by atoms with Crippen molar-refractivity contribution in [1.82, 2.24) is 0 Å². The SMILES string of the molecule is Cl[c-]1cccc1.Cl[c-]1cccc1.[V+2]. The van der Waals surface area contributed by atoms with E-state index < -0.39 is 0 Å². The maximum Gasteiger partial charge on any atom is 2.00 e. The molecule has 0 spiro atoms. The zero-order chi connectivity index (χ0) is 8.81. The summed E-state index contributed by atoms with van der Waals surface area (Å²) >= 11 is 10.9. The third-order valence-corrected chi connectivity index (χ3v) is 1.75. The molecule has 67 valence electrons. The predicted molar refractivity (Wildman–Crippen MR) is 54.1 cm³/mol. The molecule has 2 rings (SSSR count). The van der Waals surface area contributed by atoms with Crippen LogP contribution in [-0.4, -0.2) is 0 Å². The van der Waals surface area contributed by atoms with Crippen LogP contribution in [0, 0.1) is 0 Å². The molecular weight excluding hydrogens is 242 g/mol. The molecule has 2 aromatic rings. The number of hydrogen-bond acceptors (Lipinski definition) is 0. The zero-order valence-electron chi connectivity index (χ0n) is 6.82. The quantitative estimate of drug-likeness (QED) is 0.617. The number of rotatable bonds is 0. The first-order chi connectivity index (χ1) is 5.79. The zero-order valence-corrected chi connectivity index (χ0v) is 9.73. The third-order valence-electron chi connectivity index (χ3n) is 1.24. The van der Waals surface area contributed by atoms with E-state index >= 15 is 0 Å². The summed E-state index contributed by atoms with van der Waals surface area (Å²) in [5, 5.41) is 1.63. The van der Waals surface area contributed by atoms with Crippen LogP contribution in [-0.2, 0) is 18.6 Å². The van der Waals surface area contributed by atoms with E-state index in [4.69, 9.17) is 23.2 Å². The van der Waals surface area contributed by atoms with Crippen molar-refractivity contribution in [3.8, 4) is 0 Å². The van der Waals surface area contributed by atoms with Crippen molar-refractivity contribution in [2.45, 2.75) is 0 Å². The Kier molecular flexibility index (Phi) is 7.21. The maximum absolute atomic E-state index is 5.46. The average molecular weight is 250 g/mol. The minimum Gasteiger partial charge on any atom is -0.212 e. The molecule has 0 unspecified atom stereocenters. The first-order valence-corrected chi connectivity index (χ1v) is 4.29. The summed E-state index contributed by atoms with van der Waals surface area (Å²) in [4.78, 5) is 0. The van der Waals surface area contributed by atoms with Gasteiger partial charge in [0.25, 0.3) is 0 Å². The summed E-state index contributed by atoms with van der Waals surface area (Å²) in [6.45, 7) is 0. The molecule has 3 heteroatoms. The standard InChI is InChI=1S/2C5H4Cl.V/c2*6-5-3-1-2-4-5;/h2*1-4H;/q2*-1;+2. The summed E-state index contributed by atoms with van der Waals surface area (Å²) in [6, 6.07) is 15.0. The largest absolute Gasteiger partial charge is 2.00 e. The Morgan fingerprint density at radius 3 is 0.923 bits per heavy atom. The minimum atomic E-state index is 0. The topological polar surface area (TPSA) is 0 Å². The van der Waals surface area contributed by atoms with Gasteiger partial charge in [0.2, 0.25) is 0 Å². The fraction of sp³-hybridized carbons (Fsp3) is 0. The first kappa shape index (κ1) is 12.9. The smallest absolute Gasteiger partial charge is 0.212 e. The van der Waals surface area contributed by atoms with E-state index in [0.717, 1.165) is 10.0 Å². The molecule has 0 aliphatic carbocycles. The summed E-state index contributed by atoms with van der Waals surface area (Å²) in [5.74, 6) is 0. The normalized spacial score (nSPS) is 8.15. The maximum atomic E-state index is 5.46. The van der Waals surface area contributed by atoms with Gasteiger partial charge in [0.1, 0.15) is 0 Å². The van der Waals surface area contributed by atoms with Gasteiger partial charge in [-0.05, 0) is 0 Å². The Hall–Kier alpha value is -0.136. The molecule has 0 aliphatic rings. The molecule has 0 N–H and O–H groups in total. The second-order valence-corrected chi connectivity index (χ2v) is 3.08. The Balaban J connectivity index is 0.000000206. The molecule has 13 heavy (non-hydrogen) atoms. The van der Waals surface area contributed by atoms with Gasteiger partial charge in [-0.3, -0.25) is 0 Å². The minimum absolute atomic E-state index is 0. The number of halogens is 2. The van der Waals surface area contributed by atoms with E-state index in [1.807, 2.05) is 48.5 Å². The van der Waals surface area contributed by atoms with Gasteiger partial charge in [0, 0.05) is 0 Å². The van der Waals surface area contributed by atoms with E-state index in [9.17, 15) is 0 Å². The number of hydrogen-bond donors (Lipinski definition) is 0. The Bertz CT molecular complexity index is 252. The molecule has 0 fully saturated rings. The van der Waals surface area contributed by atoms with Gasteiger partial charge >= 0.3 is 18.6 Å². The summed E-state index contributed by atoms with van der Waals surface area (Å²) in [6.07, 6.45) is 0. The van der Waals surface area contributed by atoms with E-state index in [1.165, 1.54) is 0 Å². The molecular formula is C10H8Cl2V. The molecule has 0 heterocycles. The van der Waals surface area contributed by atoms with Crippen LogP contribution in [0.2, 0.25) is 10.0 Å². The average Bonchev–Trinajstić information content (AvgIpc) is 2.63. The van der Waals surface area contributed by atoms with Crippen molar-refractivity contribution in [2.24, 2.45) is 0 Å². The van der Waals surface area contributed by atoms with Gasteiger partial charge in [0.05, 0.1) is 0 Å². The first-order valence-electron chi connectivity index (χ1n) is 3.53. The summed E-state index contributed by atoms with van der Waals surface area (Å²) in [5.41, 5.74) is 0. The van der Waals surface area contributed by atoms with Crippen molar-refractivity contribution in [1.29, 1.82) is 0 Å². The molecule has 0 saturated heterocycles. The third kappa shape index (κ3) is 6.01. The van der Waals surface area contributed by atoms with Gasteiger partial charge in [-0.15, -0.1) is 0 Å². The van der Waals surface area contributed by atoms with Gasteiger partial charge in [-0.25, -0.2) is 24.3 Å². The monoisotopic (exact) mass is 249 g/mol. The van der Waals surface area contributed by atoms with Crippen LogP contribution in [0.3, 0.4) is 0 Å². The van der Waals surface area contributed by atoms with Gasteiger partial charge in [0.15, 0.2) is 0 Å². The van der Waals surface area contributed by atoms with Crippen molar-refractivity contribution in [3.63, 3.8) is 0 Å². The molecule has 1 radical (unpaired) electrons. The van der Waals surface area contributed by atoms with Crippen LogP contribution >= 0.6 is 23.2 Å². The van der Waals surface area contributed by atoms with E-state index in [0.29, 0.717) is 0 Å². The second kappa shape index (κ2) is 7.29. The molecule has 2 aromatic carbocycles. The Morgan fingerprint density at radius 2 is 0.846 bits per heavy atom. The summed E-state index contributed by atoms with van der Waals surface area (Å²) < 4.78 is 0. The van der Waals surface area contributed by atoms with Crippen molar-refractivity contribution in [3.05, 3.63) is 58.6 Å². The Labute approximate surface area is 100 Å². The molecule has 0 bridgehead atoms. The van der Waals surface area contributed by atoms with Crippen LogP contribution in [0.25, 0.3) is 0 Å². The van der Waals surface area contributed by atoms with E-state index in [2.05, 4.69) is 0 Å². The van der Waals surface area contributed by atoms with E-state index in [-0.39, 0.29) is 18.6 Å². The van der Waals surface area contributed by atoms with Gasteiger partial charge < -0.3 is 0 Å². The van der Waals surface area contributed by atoms with Crippen molar-refractivity contribution in [2.75, 3.05) is 0 Å². The molecule has 0 atom stereocenters. The van der Waals surface area contributed by atoms with E-state index in [1.54, 1.807) is 0 Å². The van der Waals surface area contributed by atoms with Crippen molar-refractivity contribution < 1.29 is 18.6 Å². The Morgan fingerprint density at radius 1 is 0.615 bits per heavy atom.